The molecule has 1 aromatic heterocycles. The maximum Gasteiger partial charge on any atom is 0.212 e. The third-order valence-corrected chi connectivity index (χ3v) is 5.54. The molecule has 7 heteroatoms. The number of methoxy groups -OCH3 is 1. The molecule has 25 heavy (non-hydrogen) atoms. The van der Waals surface area contributed by atoms with Crippen molar-refractivity contribution >= 4 is 15.5 Å². The molecule has 1 aliphatic heterocycles. The fourth-order valence-electron chi connectivity index (χ4n) is 2.95. The van der Waals surface area contributed by atoms with Crippen LogP contribution < -0.4 is 9.64 Å². The lowest BCUT2D eigenvalue weighted by Gasteiger charge is -2.36. The van der Waals surface area contributed by atoms with E-state index in [1.165, 1.54) is 11.8 Å². The summed E-state index contributed by atoms with van der Waals surface area (Å²) in [5, 5.41) is 0. The fourth-order valence-corrected chi connectivity index (χ4v) is 3.58. The minimum absolute atomic E-state index is 0.363. The second-order valence-electron chi connectivity index (χ2n) is 6.24. The molecule has 1 fully saturated rings. The molecule has 0 saturated carbocycles. The summed E-state index contributed by atoms with van der Waals surface area (Å²) in [5.74, 6) is 0.631. The van der Waals surface area contributed by atoms with Gasteiger partial charge in [0.2, 0.25) is 5.88 Å². The molecule has 0 radical (unpaired) electrons. The van der Waals surface area contributed by atoms with Gasteiger partial charge in [0.1, 0.15) is 0 Å². The number of piperazine rings is 1. The Kier molecular flexibility index (Phi) is 5.24. The van der Waals surface area contributed by atoms with Crippen molar-refractivity contribution in [2.75, 3.05) is 44.4 Å². The molecule has 0 atom stereocenters. The molecule has 2 aromatic rings. The lowest BCUT2D eigenvalue weighted by Crippen LogP contribution is -2.45. The smallest absolute Gasteiger partial charge is 0.212 e. The van der Waals surface area contributed by atoms with Crippen LogP contribution in [-0.4, -0.2) is 57.8 Å². The monoisotopic (exact) mass is 361 g/mol. The van der Waals surface area contributed by atoms with Crippen LogP contribution in [0.15, 0.2) is 47.5 Å². The van der Waals surface area contributed by atoms with E-state index >= 15 is 0 Å². The summed E-state index contributed by atoms with van der Waals surface area (Å²) in [4.78, 5) is 9.29. The lowest BCUT2D eigenvalue weighted by molar-refractivity contribution is 0.249. The summed E-state index contributed by atoms with van der Waals surface area (Å²) < 4.78 is 28.2. The number of anilines is 1. The van der Waals surface area contributed by atoms with E-state index in [4.69, 9.17) is 4.74 Å². The van der Waals surface area contributed by atoms with Crippen molar-refractivity contribution in [1.82, 2.24) is 9.88 Å². The molecule has 1 aromatic carbocycles. The molecule has 0 amide bonds. The molecule has 0 spiro atoms. The van der Waals surface area contributed by atoms with Gasteiger partial charge in [0.25, 0.3) is 0 Å². The molecule has 0 aliphatic carbocycles. The Labute approximate surface area is 149 Å². The lowest BCUT2D eigenvalue weighted by atomic mass is 10.2. The molecule has 1 aliphatic rings. The van der Waals surface area contributed by atoms with E-state index < -0.39 is 9.84 Å². The predicted octanol–water partition coefficient (Wildman–Crippen LogP) is 1.82. The van der Waals surface area contributed by atoms with E-state index in [-0.39, 0.29) is 0 Å². The molecular formula is C18H23N3O3S. The van der Waals surface area contributed by atoms with Crippen molar-refractivity contribution in [2.45, 2.75) is 11.4 Å². The van der Waals surface area contributed by atoms with Crippen molar-refractivity contribution in [3.63, 3.8) is 0 Å². The molecule has 6 nitrogen and oxygen atoms in total. The van der Waals surface area contributed by atoms with Crippen LogP contribution >= 0.6 is 0 Å². The quantitative estimate of drug-likeness (QED) is 0.809. The number of rotatable bonds is 5. The zero-order chi connectivity index (χ0) is 17.9. The van der Waals surface area contributed by atoms with Crippen LogP contribution in [0.25, 0.3) is 0 Å². The van der Waals surface area contributed by atoms with Crippen LogP contribution in [0.5, 0.6) is 5.88 Å². The Morgan fingerprint density at radius 1 is 1.04 bits per heavy atom. The summed E-state index contributed by atoms with van der Waals surface area (Å²) in [5.41, 5.74) is 2.24. The highest BCUT2D eigenvalue weighted by Gasteiger charge is 2.18. The minimum Gasteiger partial charge on any atom is -0.481 e. The Hall–Kier alpha value is -2.12. The van der Waals surface area contributed by atoms with Gasteiger partial charge in [0, 0.05) is 56.9 Å². The molecule has 3 rings (SSSR count). The first-order valence-electron chi connectivity index (χ1n) is 8.22. The first-order chi connectivity index (χ1) is 12.0. The maximum absolute atomic E-state index is 11.5. The van der Waals surface area contributed by atoms with Crippen LogP contribution in [0.3, 0.4) is 0 Å². The topological polar surface area (TPSA) is 62.7 Å². The second-order valence-corrected chi connectivity index (χ2v) is 8.25. The van der Waals surface area contributed by atoms with Crippen molar-refractivity contribution in [3.05, 3.63) is 48.2 Å². The Bertz CT molecular complexity index is 796. The van der Waals surface area contributed by atoms with E-state index in [2.05, 4.69) is 14.8 Å². The largest absolute Gasteiger partial charge is 0.481 e. The van der Waals surface area contributed by atoms with Gasteiger partial charge in [-0.1, -0.05) is 6.07 Å². The van der Waals surface area contributed by atoms with Crippen molar-refractivity contribution < 1.29 is 13.2 Å². The zero-order valence-electron chi connectivity index (χ0n) is 14.6. The minimum atomic E-state index is -3.14. The van der Waals surface area contributed by atoms with Gasteiger partial charge in [-0.3, -0.25) is 4.90 Å². The Balaban J connectivity index is 1.56. The van der Waals surface area contributed by atoms with Crippen LogP contribution in [0.4, 0.5) is 5.69 Å². The van der Waals surface area contributed by atoms with Gasteiger partial charge in [-0.2, -0.15) is 0 Å². The van der Waals surface area contributed by atoms with E-state index in [1.54, 1.807) is 19.2 Å². The Morgan fingerprint density at radius 2 is 1.72 bits per heavy atom. The summed E-state index contributed by atoms with van der Waals surface area (Å²) in [7, 11) is -1.53. The summed E-state index contributed by atoms with van der Waals surface area (Å²) >= 11 is 0. The molecule has 0 N–H and O–H groups in total. The first-order valence-corrected chi connectivity index (χ1v) is 10.1. The molecule has 0 unspecified atom stereocenters. The SMILES string of the molecule is COc1ccc(CN2CCN(c3ccc(S(C)(=O)=O)cc3)CC2)cn1. The zero-order valence-corrected chi connectivity index (χ0v) is 15.4. The maximum atomic E-state index is 11.5. The third kappa shape index (κ3) is 4.49. The number of nitrogens with zero attached hydrogens (tertiary/aromatic N) is 3. The molecule has 134 valence electrons. The third-order valence-electron chi connectivity index (χ3n) is 4.42. The van der Waals surface area contributed by atoms with Crippen LogP contribution in [0.1, 0.15) is 5.56 Å². The van der Waals surface area contributed by atoms with E-state index in [0.29, 0.717) is 10.8 Å². The second kappa shape index (κ2) is 7.41. The average Bonchev–Trinajstić information content (AvgIpc) is 2.62. The molecule has 1 saturated heterocycles. The Morgan fingerprint density at radius 3 is 2.24 bits per heavy atom. The summed E-state index contributed by atoms with van der Waals surface area (Å²) in [6.45, 7) is 4.63. The van der Waals surface area contributed by atoms with Gasteiger partial charge in [-0.05, 0) is 29.8 Å². The molecule has 0 bridgehead atoms. The predicted molar refractivity (Wildman–Crippen MR) is 97.8 cm³/mol. The number of ether oxygens (including phenoxy) is 1. The van der Waals surface area contributed by atoms with Crippen molar-refractivity contribution in [1.29, 1.82) is 0 Å². The van der Waals surface area contributed by atoms with E-state index in [1.807, 2.05) is 30.5 Å². The van der Waals surface area contributed by atoms with E-state index in [9.17, 15) is 8.42 Å². The van der Waals surface area contributed by atoms with Crippen LogP contribution in [-0.2, 0) is 16.4 Å². The highest BCUT2D eigenvalue weighted by Crippen LogP contribution is 2.20. The fraction of sp³-hybridized carbons (Fsp3) is 0.389. The van der Waals surface area contributed by atoms with Gasteiger partial charge in [-0.15, -0.1) is 0 Å². The number of aromatic nitrogens is 1. The number of pyridine rings is 1. The number of sulfone groups is 1. The average molecular weight is 361 g/mol. The highest BCUT2D eigenvalue weighted by atomic mass is 32.2. The number of benzene rings is 1. The summed E-state index contributed by atoms with van der Waals surface area (Å²) in [6.07, 6.45) is 3.09. The number of hydrogen-bond acceptors (Lipinski definition) is 6. The van der Waals surface area contributed by atoms with Gasteiger partial charge < -0.3 is 9.64 Å². The van der Waals surface area contributed by atoms with Crippen LogP contribution in [0.2, 0.25) is 0 Å². The van der Waals surface area contributed by atoms with Gasteiger partial charge in [-0.25, -0.2) is 13.4 Å². The first kappa shape index (κ1) is 17.7. The van der Waals surface area contributed by atoms with Crippen molar-refractivity contribution in [3.8, 4) is 5.88 Å². The normalized spacial score (nSPS) is 16.0. The summed E-state index contributed by atoms with van der Waals surface area (Å²) in [6, 6.07) is 11.1. The van der Waals surface area contributed by atoms with Gasteiger partial charge in [0.15, 0.2) is 9.84 Å². The highest BCUT2D eigenvalue weighted by molar-refractivity contribution is 7.90. The van der Waals surface area contributed by atoms with Gasteiger partial charge in [0.05, 0.1) is 12.0 Å². The van der Waals surface area contributed by atoms with Crippen molar-refractivity contribution in [2.24, 2.45) is 0 Å². The van der Waals surface area contributed by atoms with Gasteiger partial charge >= 0.3 is 0 Å². The standard InChI is InChI=1S/C18H23N3O3S/c1-24-18-8-3-15(13-19-18)14-20-9-11-21(12-10-20)16-4-6-17(7-5-16)25(2,22)23/h3-8,13H,9-12,14H2,1-2H3. The van der Waals surface area contributed by atoms with Crippen LogP contribution in [0, 0.1) is 0 Å². The number of hydrogen-bond donors (Lipinski definition) is 0. The molecule has 2 heterocycles. The molecular weight excluding hydrogens is 338 g/mol. The van der Waals surface area contributed by atoms with E-state index in [0.717, 1.165) is 38.4 Å².